The van der Waals surface area contributed by atoms with Gasteiger partial charge in [0.05, 0.1) is 0 Å². The molecule has 2 rings (SSSR count). The molecular formula is C18H37N3. The van der Waals surface area contributed by atoms with Gasteiger partial charge in [0.25, 0.3) is 0 Å². The molecule has 0 bridgehead atoms. The van der Waals surface area contributed by atoms with E-state index in [2.05, 4.69) is 50.0 Å². The van der Waals surface area contributed by atoms with Crippen LogP contribution in [0, 0.1) is 11.3 Å². The fraction of sp³-hybridized carbons (Fsp3) is 1.00. The Morgan fingerprint density at radius 3 is 2.38 bits per heavy atom. The van der Waals surface area contributed by atoms with Gasteiger partial charge in [0, 0.05) is 18.6 Å². The summed E-state index contributed by atoms with van der Waals surface area (Å²) in [5.41, 5.74) is 0.444. The lowest BCUT2D eigenvalue weighted by molar-refractivity contribution is 0.0267. The van der Waals surface area contributed by atoms with Crippen LogP contribution in [0.4, 0.5) is 0 Å². The van der Waals surface area contributed by atoms with Crippen molar-refractivity contribution < 1.29 is 0 Å². The molecule has 0 aromatic carbocycles. The van der Waals surface area contributed by atoms with Crippen LogP contribution in [0.3, 0.4) is 0 Å². The third-order valence-corrected chi connectivity index (χ3v) is 5.71. The number of nitrogens with one attached hydrogen (secondary N) is 1. The first-order chi connectivity index (χ1) is 9.94. The molecule has 0 spiro atoms. The summed E-state index contributed by atoms with van der Waals surface area (Å²) in [5.74, 6) is 0.908. The van der Waals surface area contributed by atoms with E-state index in [1.54, 1.807) is 0 Å². The Labute approximate surface area is 132 Å². The van der Waals surface area contributed by atoms with Crippen molar-refractivity contribution in [3.05, 3.63) is 0 Å². The lowest BCUT2D eigenvalue weighted by Crippen LogP contribution is -2.60. The maximum Gasteiger partial charge on any atom is 0.0274 e. The van der Waals surface area contributed by atoms with E-state index < -0.39 is 0 Å². The van der Waals surface area contributed by atoms with Gasteiger partial charge < -0.3 is 10.2 Å². The van der Waals surface area contributed by atoms with Crippen molar-refractivity contribution in [3.8, 4) is 0 Å². The van der Waals surface area contributed by atoms with Crippen LogP contribution in [0.25, 0.3) is 0 Å². The maximum atomic E-state index is 3.82. The van der Waals surface area contributed by atoms with Crippen LogP contribution in [-0.2, 0) is 0 Å². The summed E-state index contributed by atoms with van der Waals surface area (Å²) in [5, 5.41) is 3.82. The molecule has 2 unspecified atom stereocenters. The van der Waals surface area contributed by atoms with E-state index in [4.69, 9.17) is 0 Å². The molecule has 3 heteroatoms. The average molecular weight is 296 g/mol. The molecule has 0 radical (unpaired) electrons. The topological polar surface area (TPSA) is 18.5 Å². The highest BCUT2D eigenvalue weighted by molar-refractivity contribution is 4.98. The molecule has 21 heavy (non-hydrogen) atoms. The molecule has 1 N–H and O–H groups in total. The van der Waals surface area contributed by atoms with Crippen LogP contribution in [0.1, 0.15) is 52.9 Å². The molecule has 2 fully saturated rings. The molecule has 2 atom stereocenters. The highest BCUT2D eigenvalue weighted by Gasteiger charge is 2.41. The van der Waals surface area contributed by atoms with Gasteiger partial charge in [-0.05, 0) is 70.7 Å². The van der Waals surface area contributed by atoms with Gasteiger partial charge in [0.1, 0.15) is 0 Å². The fourth-order valence-electron chi connectivity index (χ4n) is 4.62. The summed E-state index contributed by atoms with van der Waals surface area (Å²) in [4.78, 5) is 5.16. The van der Waals surface area contributed by atoms with Crippen LogP contribution in [0.15, 0.2) is 0 Å². The van der Waals surface area contributed by atoms with Gasteiger partial charge in [-0.25, -0.2) is 0 Å². The number of hydrogen-bond acceptors (Lipinski definition) is 3. The van der Waals surface area contributed by atoms with Crippen molar-refractivity contribution in [2.24, 2.45) is 11.3 Å². The third-order valence-electron chi connectivity index (χ3n) is 5.71. The van der Waals surface area contributed by atoms with Gasteiger partial charge in [-0.15, -0.1) is 0 Å². The Balaban J connectivity index is 1.94. The minimum atomic E-state index is 0.444. The number of hydrogen-bond donors (Lipinski definition) is 1. The van der Waals surface area contributed by atoms with Gasteiger partial charge in [0.2, 0.25) is 0 Å². The maximum absolute atomic E-state index is 3.82. The molecule has 1 saturated carbocycles. The van der Waals surface area contributed by atoms with Crippen molar-refractivity contribution >= 4 is 0 Å². The van der Waals surface area contributed by atoms with Crippen LogP contribution in [0.5, 0.6) is 0 Å². The zero-order chi connectivity index (χ0) is 15.5. The molecule has 2 aliphatic rings. The zero-order valence-corrected chi connectivity index (χ0v) is 15.0. The second-order valence-electron chi connectivity index (χ2n) is 8.23. The Hall–Kier alpha value is -0.120. The molecule has 1 aliphatic heterocycles. The summed E-state index contributed by atoms with van der Waals surface area (Å²) in [6.45, 7) is 12.2. The summed E-state index contributed by atoms with van der Waals surface area (Å²) in [6, 6.07) is 1.43. The molecule has 0 amide bonds. The quantitative estimate of drug-likeness (QED) is 0.841. The minimum absolute atomic E-state index is 0.444. The van der Waals surface area contributed by atoms with Gasteiger partial charge >= 0.3 is 0 Å². The van der Waals surface area contributed by atoms with Crippen molar-refractivity contribution in [1.82, 2.24) is 15.1 Å². The predicted molar refractivity (Wildman–Crippen MR) is 91.7 cm³/mol. The standard InChI is InChI=1S/C18H37N3/c1-6-19-17-16(8-7-11-18(17,2)3)21-12-9-15(10-13-21)14-20(4)5/h15-17,19H,6-14H2,1-5H3. The largest absolute Gasteiger partial charge is 0.312 e. The van der Waals surface area contributed by atoms with Crippen LogP contribution in [-0.4, -0.2) is 62.2 Å². The Morgan fingerprint density at radius 2 is 1.81 bits per heavy atom. The lowest BCUT2D eigenvalue weighted by atomic mass is 9.70. The first kappa shape index (κ1) is 17.2. The SMILES string of the molecule is CCNC1C(N2CCC(CN(C)C)CC2)CCCC1(C)C. The number of piperidine rings is 1. The zero-order valence-electron chi connectivity index (χ0n) is 15.0. The Bertz CT molecular complexity index is 306. The summed E-state index contributed by atoms with van der Waals surface area (Å²) >= 11 is 0. The van der Waals surface area contributed by atoms with E-state index in [0.717, 1.165) is 18.5 Å². The smallest absolute Gasteiger partial charge is 0.0274 e. The van der Waals surface area contributed by atoms with E-state index in [9.17, 15) is 0 Å². The second-order valence-corrected chi connectivity index (χ2v) is 8.23. The Morgan fingerprint density at radius 1 is 1.14 bits per heavy atom. The van der Waals surface area contributed by atoms with Crippen LogP contribution in [0.2, 0.25) is 0 Å². The molecule has 0 aromatic heterocycles. The molecule has 0 aromatic rings. The van der Waals surface area contributed by atoms with Gasteiger partial charge in [-0.3, -0.25) is 4.90 Å². The van der Waals surface area contributed by atoms with Gasteiger partial charge in [-0.1, -0.05) is 27.2 Å². The monoisotopic (exact) mass is 295 g/mol. The summed E-state index contributed by atoms with van der Waals surface area (Å²) in [6.07, 6.45) is 6.93. The average Bonchev–Trinajstić information content (AvgIpc) is 2.41. The minimum Gasteiger partial charge on any atom is -0.312 e. The van der Waals surface area contributed by atoms with Gasteiger partial charge in [0.15, 0.2) is 0 Å². The number of likely N-dealkylation sites (tertiary alicyclic amines) is 1. The number of rotatable bonds is 5. The van der Waals surface area contributed by atoms with E-state index in [1.165, 1.54) is 51.7 Å². The molecule has 1 aliphatic carbocycles. The van der Waals surface area contributed by atoms with Crippen molar-refractivity contribution in [2.45, 2.75) is 65.0 Å². The first-order valence-electron chi connectivity index (χ1n) is 9.06. The van der Waals surface area contributed by atoms with Crippen molar-refractivity contribution in [3.63, 3.8) is 0 Å². The van der Waals surface area contributed by atoms with E-state index in [0.29, 0.717) is 11.5 Å². The third kappa shape index (κ3) is 4.43. The molecular weight excluding hydrogens is 258 g/mol. The fourth-order valence-corrected chi connectivity index (χ4v) is 4.62. The summed E-state index contributed by atoms with van der Waals surface area (Å²) < 4.78 is 0. The van der Waals surface area contributed by atoms with E-state index in [1.807, 2.05) is 0 Å². The molecule has 3 nitrogen and oxygen atoms in total. The van der Waals surface area contributed by atoms with E-state index >= 15 is 0 Å². The van der Waals surface area contributed by atoms with Crippen LogP contribution < -0.4 is 5.32 Å². The first-order valence-corrected chi connectivity index (χ1v) is 9.06. The number of likely N-dealkylation sites (N-methyl/N-ethyl adjacent to an activating group) is 1. The lowest BCUT2D eigenvalue weighted by Gasteiger charge is -2.50. The molecule has 1 heterocycles. The van der Waals surface area contributed by atoms with Crippen molar-refractivity contribution in [2.75, 3.05) is 40.3 Å². The highest BCUT2D eigenvalue weighted by Crippen LogP contribution is 2.38. The predicted octanol–water partition coefficient (Wildman–Crippen LogP) is 2.82. The second kappa shape index (κ2) is 7.43. The molecule has 1 saturated heterocycles. The summed E-state index contributed by atoms with van der Waals surface area (Å²) in [7, 11) is 4.41. The highest BCUT2D eigenvalue weighted by atomic mass is 15.2. The Kier molecular flexibility index (Phi) is 6.10. The molecule has 124 valence electrons. The van der Waals surface area contributed by atoms with E-state index in [-0.39, 0.29) is 0 Å². The van der Waals surface area contributed by atoms with Crippen LogP contribution >= 0.6 is 0 Å². The van der Waals surface area contributed by atoms with Gasteiger partial charge in [-0.2, -0.15) is 0 Å². The normalized spacial score (nSPS) is 31.7. The van der Waals surface area contributed by atoms with Crippen molar-refractivity contribution in [1.29, 1.82) is 0 Å². The number of nitrogens with zero attached hydrogens (tertiary/aromatic N) is 2.